The summed E-state index contributed by atoms with van der Waals surface area (Å²) in [6.45, 7) is 1.27. The Morgan fingerprint density at radius 2 is 1.86 bits per heavy atom. The summed E-state index contributed by atoms with van der Waals surface area (Å²) >= 11 is 9.59. The van der Waals surface area contributed by atoms with Crippen molar-refractivity contribution in [2.24, 2.45) is 0 Å². The topological polar surface area (TPSA) is 96.0 Å². The number of amides is 2. The van der Waals surface area contributed by atoms with Crippen molar-refractivity contribution in [3.63, 3.8) is 0 Å². The Morgan fingerprint density at radius 3 is 2.49 bits per heavy atom. The van der Waals surface area contributed by atoms with Crippen LogP contribution in [0.15, 0.2) is 46.9 Å². The summed E-state index contributed by atoms with van der Waals surface area (Å²) in [5, 5.41) is 3.38. The number of anilines is 1. The van der Waals surface area contributed by atoms with Crippen LogP contribution < -0.4 is 14.4 Å². The zero-order chi connectivity index (χ0) is 27.2. The summed E-state index contributed by atoms with van der Waals surface area (Å²) in [5.41, 5.74) is 0.943. The number of nitrogens with one attached hydrogen (secondary N) is 1. The maximum Gasteiger partial charge on any atom is 0.244 e. The third kappa shape index (κ3) is 8.09. The highest BCUT2D eigenvalue weighted by Crippen LogP contribution is 2.33. The van der Waals surface area contributed by atoms with Crippen LogP contribution >= 0.6 is 27.5 Å². The molecule has 8 nitrogen and oxygen atoms in total. The second kappa shape index (κ2) is 13.0. The summed E-state index contributed by atoms with van der Waals surface area (Å²) in [7, 11) is -2.50. The van der Waals surface area contributed by atoms with Crippen LogP contribution in [0.2, 0.25) is 5.02 Å². The van der Waals surface area contributed by atoms with Crippen molar-refractivity contribution in [2.75, 3.05) is 24.2 Å². The maximum absolute atomic E-state index is 13.7. The highest BCUT2D eigenvalue weighted by Gasteiger charge is 2.32. The van der Waals surface area contributed by atoms with Gasteiger partial charge in [0.25, 0.3) is 0 Å². The summed E-state index contributed by atoms with van der Waals surface area (Å²) in [4.78, 5) is 28.4. The Labute approximate surface area is 232 Å². The molecule has 0 heterocycles. The summed E-state index contributed by atoms with van der Waals surface area (Å²) < 4.78 is 32.7. The highest BCUT2D eigenvalue weighted by atomic mass is 79.9. The van der Waals surface area contributed by atoms with E-state index in [0.29, 0.717) is 5.02 Å². The van der Waals surface area contributed by atoms with E-state index in [9.17, 15) is 18.0 Å². The predicted octanol–water partition coefficient (Wildman–Crippen LogP) is 4.74. The monoisotopic (exact) mass is 613 g/mol. The zero-order valence-corrected chi connectivity index (χ0v) is 24.4. The van der Waals surface area contributed by atoms with Crippen molar-refractivity contribution in [1.82, 2.24) is 10.2 Å². The molecule has 202 valence electrons. The van der Waals surface area contributed by atoms with Gasteiger partial charge in [0, 0.05) is 22.1 Å². The molecule has 1 fully saturated rings. The van der Waals surface area contributed by atoms with Gasteiger partial charge in [-0.05, 0) is 55.7 Å². The van der Waals surface area contributed by atoms with Gasteiger partial charge >= 0.3 is 0 Å². The lowest BCUT2D eigenvalue weighted by Crippen LogP contribution is -2.53. The van der Waals surface area contributed by atoms with Gasteiger partial charge in [-0.3, -0.25) is 13.9 Å². The van der Waals surface area contributed by atoms with E-state index in [-0.39, 0.29) is 29.9 Å². The number of carbonyl (C=O) groups excluding carboxylic acids is 2. The summed E-state index contributed by atoms with van der Waals surface area (Å²) in [6, 6.07) is 11.2. The van der Waals surface area contributed by atoms with Crippen molar-refractivity contribution in [3.05, 3.63) is 57.5 Å². The minimum atomic E-state index is -3.90. The average Bonchev–Trinajstić information content (AvgIpc) is 2.85. The average molecular weight is 615 g/mol. The van der Waals surface area contributed by atoms with Gasteiger partial charge in [0.2, 0.25) is 21.8 Å². The number of carbonyl (C=O) groups is 2. The molecule has 3 rings (SSSR count). The Kier molecular flexibility index (Phi) is 10.3. The van der Waals surface area contributed by atoms with Crippen molar-refractivity contribution in [2.45, 2.75) is 57.7 Å². The second-order valence-electron chi connectivity index (χ2n) is 9.26. The molecule has 0 saturated heterocycles. The molecule has 1 aliphatic carbocycles. The molecule has 1 saturated carbocycles. The molecule has 0 unspecified atom stereocenters. The van der Waals surface area contributed by atoms with Crippen LogP contribution in [0.1, 0.15) is 44.6 Å². The minimum Gasteiger partial charge on any atom is -0.495 e. The fraction of sp³-hybridized carbons (Fsp3) is 0.462. The Balaban J connectivity index is 1.92. The fourth-order valence-electron chi connectivity index (χ4n) is 4.44. The molecule has 11 heteroatoms. The maximum atomic E-state index is 13.7. The summed E-state index contributed by atoms with van der Waals surface area (Å²) in [6.07, 6.45) is 6.11. The number of nitrogens with zero attached hydrogens (tertiary/aromatic N) is 2. The molecule has 0 radical (unpaired) electrons. The van der Waals surface area contributed by atoms with Gasteiger partial charge in [-0.2, -0.15) is 0 Å². The van der Waals surface area contributed by atoms with Gasteiger partial charge in [0.15, 0.2) is 0 Å². The molecular weight excluding hydrogens is 582 g/mol. The Morgan fingerprint density at radius 1 is 1.16 bits per heavy atom. The van der Waals surface area contributed by atoms with Gasteiger partial charge in [-0.15, -0.1) is 0 Å². The van der Waals surface area contributed by atoms with E-state index in [1.807, 2.05) is 24.3 Å². The van der Waals surface area contributed by atoms with Crippen molar-refractivity contribution in [3.8, 4) is 5.75 Å². The molecular formula is C26H33BrClN3O5S. The first-order valence-corrected chi connectivity index (χ1v) is 15.2. The molecule has 37 heavy (non-hydrogen) atoms. The van der Waals surface area contributed by atoms with Crippen molar-refractivity contribution in [1.29, 1.82) is 0 Å². The standard InChI is InChI=1S/C26H33BrClN3O5S/c1-18(26(33)29-22-10-5-4-6-11-22)30(16-19-8-7-9-20(27)14-19)25(32)17-31(37(3,34)35)23-15-21(28)12-13-24(23)36-2/h7-9,12-15,18,22H,4-6,10-11,16-17H2,1-3H3,(H,29,33)/t18-/m0/s1. The van der Waals surface area contributed by atoms with E-state index in [0.717, 1.165) is 52.7 Å². The zero-order valence-electron chi connectivity index (χ0n) is 21.2. The van der Waals surface area contributed by atoms with E-state index in [4.69, 9.17) is 16.3 Å². The van der Waals surface area contributed by atoms with E-state index in [2.05, 4.69) is 21.2 Å². The van der Waals surface area contributed by atoms with Crippen LogP contribution in [0.3, 0.4) is 0 Å². The van der Waals surface area contributed by atoms with Crippen LogP contribution in [0.25, 0.3) is 0 Å². The first kappa shape index (κ1) is 29.3. The first-order chi connectivity index (χ1) is 17.5. The number of rotatable bonds is 10. The van der Waals surface area contributed by atoms with Crippen LogP contribution in [0, 0.1) is 0 Å². The van der Waals surface area contributed by atoms with E-state index in [1.165, 1.54) is 18.1 Å². The largest absolute Gasteiger partial charge is 0.495 e. The molecule has 1 N–H and O–H groups in total. The van der Waals surface area contributed by atoms with Crippen LogP contribution in [-0.2, 0) is 26.2 Å². The van der Waals surface area contributed by atoms with Crippen LogP contribution in [0.5, 0.6) is 5.75 Å². The molecule has 0 aromatic heterocycles. The smallest absolute Gasteiger partial charge is 0.244 e. The number of benzene rings is 2. The molecule has 0 bridgehead atoms. The number of hydrogen-bond donors (Lipinski definition) is 1. The fourth-order valence-corrected chi connectivity index (χ4v) is 5.89. The summed E-state index contributed by atoms with van der Waals surface area (Å²) in [5.74, 6) is -0.538. The predicted molar refractivity (Wildman–Crippen MR) is 149 cm³/mol. The van der Waals surface area contributed by atoms with Crippen molar-refractivity contribution < 1.29 is 22.7 Å². The third-order valence-electron chi connectivity index (χ3n) is 6.45. The SMILES string of the molecule is COc1ccc(Cl)cc1N(CC(=O)N(Cc1cccc(Br)c1)[C@@H](C)C(=O)NC1CCCCC1)S(C)(=O)=O. The number of hydrogen-bond acceptors (Lipinski definition) is 5. The first-order valence-electron chi connectivity index (χ1n) is 12.1. The Bertz CT molecular complexity index is 1220. The molecule has 2 aromatic rings. The molecule has 2 amide bonds. The lowest BCUT2D eigenvalue weighted by Gasteiger charge is -2.33. The quantitative estimate of drug-likeness (QED) is 0.417. The number of methoxy groups -OCH3 is 1. The van der Waals surface area contributed by atoms with E-state index >= 15 is 0 Å². The molecule has 2 aromatic carbocycles. The minimum absolute atomic E-state index is 0.0785. The van der Waals surface area contributed by atoms with Crippen molar-refractivity contribution >= 4 is 55.1 Å². The normalized spacial score (nSPS) is 15.1. The van der Waals surface area contributed by atoms with E-state index < -0.39 is 28.5 Å². The van der Waals surface area contributed by atoms with Gasteiger partial charge in [0.1, 0.15) is 18.3 Å². The number of sulfonamides is 1. The third-order valence-corrected chi connectivity index (χ3v) is 8.30. The lowest BCUT2D eigenvalue weighted by atomic mass is 9.95. The van der Waals surface area contributed by atoms with Gasteiger partial charge in [-0.25, -0.2) is 8.42 Å². The lowest BCUT2D eigenvalue weighted by molar-refractivity contribution is -0.139. The van der Waals surface area contributed by atoms with E-state index in [1.54, 1.807) is 19.1 Å². The number of halogens is 2. The molecule has 0 aliphatic heterocycles. The van der Waals surface area contributed by atoms with Gasteiger partial charge in [-0.1, -0.05) is 58.9 Å². The molecule has 1 aliphatic rings. The van der Waals surface area contributed by atoms with Crippen LogP contribution in [0.4, 0.5) is 5.69 Å². The van der Waals surface area contributed by atoms with Gasteiger partial charge < -0.3 is 15.0 Å². The Hall–Kier alpha value is -2.30. The highest BCUT2D eigenvalue weighted by molar-refractivity contribution is 9.10. The molecule has 1 atom stereocenters. The second-order valence-corrected chi connectivity index (χ2v) is 12.5. The van der Waals surface area contributed by atoms with Crippen LogP contribution in [-0.4, -0.2) is 57.1 Å². The van der Waals surface area contributed by atoms with Gasteiger partial charge in [0.05, 0.1) is 19.1 Å². The molecule has 0 spiro atoms. The number of ether oxygens (including phenoxy) is 1.